The summed E-state index contributed by atoms with van der Waals surface area (Å²) in [7, 11) is -3.43. The van der Waals surface area contributed by atoms with Crippen molar-refractivity contribution >= 4 is 39.0 Å². The van der Waals surface area contributed by atoms with Crippen LogP contribution < -0.4 is 5.32 Å². The monoisotopic (exact) mass is 379 g/mol. The van der Waals surface area contributed by atoms with Crippen LogP contribution in [0.15, 0.2) is 47.4 Å². The molecule has 0 aromatic heterocycles. The molecule has 1 aliphatic rings. The molecule has 0 unspecified atom stereocenters. The summed E-state index contributed by atoms with van der Waals surface area (Å²) in [6.07, 6.45) is 0.291. The maximum Gasteiger partial charge on any atom is 0.339 e. The number of sulfone groups is 1. The number of halogens is 1. The molecule has 0 aliphatic carbocycles. The average molecular weight is 380 g/mol. The van der Waals surface area contributed by atoms with E-state index < -0.39 is 27.8 Å². The molecule has 2 aromatic rings. The zero-order valence-corrected chi connectivity index (χ0v) is 14.7. The molecule has 1 aliphatic heterocycles. The highest BCUT2D eigenvalue weighted by Gasteiger charge is 2.32. The lowest BCUT2D eigenvalue weighted by atomic mass is 10.0. The Morgan fingerprint density at radius 3 is 2.68 bits per heavy atom. The van der Waals surface area contributed by atoms with Crippen LogP contribution in [0.1, 0.15) is 28.4 Å². The third-order valence-corrected chi connectivity index (χ3v) is 5.23. The Hall–Kier alpha value is -2.38. The molecule has 0 fully saturated rings. The first-order valence-electron chi connectivity index (χ1n) is 7.35. The fourth-order valence-electron chi connectivity index (χ4n) is 2.57. The van der Waals surface area contributed by atoms with Gasteiger partial charge in [0.25, 0.3) is 0 Å². The van der Waals surface area contributed by atoms with Gasteiger partial charge in [-0.25, -0.2) is 13.2 Å². The summed E-state index contributed by atoms with van der Waals surface area (Å²) in [6, 6.07) is 10.9. The second-order valence-corrected chi connectivity index (χ2v) is 8.07. The second kappa shape index (κ2) is 6.50. The van der Waals surface area contributed by atoms with Crippen LogP contribution in [0.3, 0.4) is 0 Å². The van der Waals surface area contributed by atoms with E-state index in [0.29, 0.717) is 11.1 Å². The van der Waals surface area contributed by atoms with Gasteiger partial charge in [-0.1, -0.05) is 29.8 Å². The number of rotatable bonds is 4. The van der Waals surface area contributed by atoms with Gasteiger partial charge >= 0.3 is 5.97 Å². The Morgan fingerprint density at radius 1 is 1.24 bits per heavy atom. The number of carbonyl (C=O) groups is 2. The largest absolute Gasteiger partial charge is 0.453 e. The van der Waals surface area contributed by atoms with Crippen LogP contribution in [0.5, 0.6) is 0 Å². The van der Waals surface area contributed by atoms with Crippen LogP contribution in [0.25, 0.3) is 0 Å². The standard InChI is InChI=1S/C17H14ClNO5S/c1-25(22,23)10-6-7-13(18)14(8-10)19-16(20)9-15-11-4-2-3-5-12(11)17(21)24-15/h2-8,15H,9H2,1H3,(H,19,20)/t15-/m0/s1. The minimum absolute atomic E-state index is 0.0461. The SMILES string of the molecule is CS(=O)(=O)c1ccc(Cl)c(NC(=O)C[C@@H]2OC(=O)c3ccccc32)c1. The van der Waals surface area contributed by atoms with E-state index in [0.717, 1.165) is 6.26 Å². The number of anilines is 1. The molecular formula is C17H14ClNO5S. The number of cyclic esters (lactones) is 1. The van der Waals surface area contributed by atoms with Crippen molar-refractivity contribution in [2.75, 3.05) is 11.6 Å². The topological polar surface area (TPSA) is 89.5 Å². The summed E-state index contributed by atoms with van der Waals surface area (Å²) in [5.74, 6) is -0.910. The minimum Gasteiger partial charge on any atom is -0.453 e. The molecule has 2 aromatic carbocycles. The van der Waals surface area contributed by atoms with Gasteiger partial charge in [0.1, 0.15) is 6.10 Å². The van der Waals surface area contributed by atoms with Gasteiger partial charge in [0.15, 0.2) is 9.84 Å². The normalized spacial score (nSPS) is 16.2. The molecule has 0 radical (unpaired) electrons. The number of carbonyl (C=O) groups excluding carboxylic acids is 2. The zero-order chi connectivity index (χ0) is 18.2. The third-order valence-electron chi connectivity index (χ3n) is 3.79. The van der Waals surface area contributed by atoms with Crippen molar-refractivity contribution in [3.8, 4) is 0 Å². The Labute approximate surface area is 149 Å². The molecule has 1 amide bonds. The maximum atomic E-state index is 12.3. The smallest absolute Gasteiger partial charge is 0.339 e. The number of esters is 1. The number of fused-ring (bicyclic) bond motifs is 1. The molecule has 0 saturated heterocycles. The van der Waals surface area contributed by atoms with Crippen molar-refractivity contribution in [2.45, 2.75) is 17.4 Å². The van der Waals surface area contributed by atoms with Crippen LogP contribution in [0.2, 0.25) is 5.02 Å². The van der Waals surface area contributed by atoms with Crippen LogP contribution in [-0.2, 0) is 19.4 Å². The van der Waals surface area contributed by atoms with Crippen molar-refractivity contribution in [3.63, 3.8) is 0 Å². The average Bonchev–Trinajstić information content (AvgIpc) is 2.85. The van der Waals surface area contributed by atoms with Gasteiger partial charge < -0.3 is 10.1 Å². The van der Waals surface area contributed by atoms with Gasteiger partial charge in [-0.3, -0.25) is 4.79 Å². The van der Waals surface area contributed by atoms with E-state index in [1.807, 2.05) is 0 Å². The highest BCUT2D eigenvalue weighted by atomic mass is 35.5. The summed E-state index contributed by atoms with van der Waals surface area (Å²) in [4.78, 5) is 24.1. The van der Waals surface area contributed by atoms with E-state index in [1.165, 1.54) is 18.2 Å². The molecule has 130 valence electrons. The quantitative estimate of drug-likeness (QED) is 0.825. The Kier molecular flexibility index (Phi) is 4.53. The van der Waals surface area contributed by atoms with E-state index in [1.54, 1.807) is 24.3 Å². The summed E-state index contributed by atoms with van der Waals surface area (Å²) in [5, 5.41) is 2.78. The molecule has 1 atom stereocenters. The maximum absolute atomic E-state index is 12.3. The lowest BCUT2D eigenvalue weighted by molar-refractivity contribution is -0.118. The molecule has 6 nitrogen and oxygen atoms in total. The summed E-state index contributed by atoms with van der Waals surface area (Å²) in [6.45, 7) is 0. The fourth-order valence-corrected chi connectivity index (χ4v) is 3.38. The molecule has 1 N–H and O–H groups in total. The number of hydrogen-bond donors (Lipinski definition) is 1. The summed E-state index contributed by atoms with van der Waals surface area (Å²) in [5.41, 5.74) is 1.28. The van der Waals surface area contributed by atoms with E-state index >= 15 is 0 Å². The molecule has 1 heterocycles. The van der Waals surface area contributed by atoms with Crippen LogP contribution >= 0.6 is 11.6 Å². The number of amides is 1. The van der Waals surface area contributed by atoms with Gasteiger partial charge in [0, 0.05) is 11.8 Å². The number of nitrogens with one attached hydrogen (secondary N) is 1. The second-order valence-electron chi connectivity index (χ2n) is 5.65. The summed E-state index contributed by atoms with van der Waals surface area (Å²) >= 11 is 6.02. The van der Waals surface area contributed by atoms with Crippen molar-refractivity contribution in [3.05, 3.63) is 58.6 Å². The van der Waals surface area contributed by atoms with Crippen molar-refractivity contribution in [2.24, 2.45) is 0 Å². The van der Waals surface area contributed by atoms with Crippen molar-refractivity contribution < 1.29 is 22.7 Å². The van der Waals surface area contributed by atoms with E-state index in [9.17, 15) is 18.0 Å². The van der Waals surface area contributed by atoms with Crippen LogP contribution in [-0.4, -0.2) is 26.6 Å². The highest BCUT2D eigenvalue weighted by molar-refractivity contribution is 7.90. The first-order chi connectivity index (χ1) is 11.8. The Balaban J connectivity index is 1.77. The number of hydrogen-bond acceptors (Lipinski definition) is 5. The van der Waals surface area contributed by atoms with Crippen LogP contribution in [0, 0.1) is 0 Å². The number of ether oxygens (including phenoxy) is 1. The molecule has 8 heteroatoms. The van der Waals surface area contributed by atoms with Crippen LogP contribution in [0.4, 0.5) is 5.69 Å². The van der Waals surface area contributed by atoms with Gasteiger partial charge in [-0.05, 0) is 24.3 Å². The predicted octanol–water partition coefficient (Wildman–Crippen LogP) is 2.98. The van der Waals surface area contributed by atoms with Gasteiger partial charge in [0.05, 0.1) is 27.6 Å². The minimum atomic E-state index is -3.43. The molecule has 25 heavy (non-hydrogen) atoms. The lowest BCUT2D eigenvalue weighted by Gasteiger charge is -2.12. The zero-order valence-electron chi connectivity index (χ0n) is 13.2. The Morgan fingerprint density at radius 2 is 1.96 bits per heavy atom. The number of benzene rings is 2. The molecular weight excluding hydrogens is 366 g/mol. The predicted molar refractivity (Wildman–Crippen MR) is 92.4 cm³/mol. The lowest BCUT2D eigenvalue weighted by Crippen LogP contribution is -2.16. The van der Waals surface area contributed by atoms with Crippen molar-refractivity contribution in [1.29, 1.82) is 0 Å². The first-order valence-corrected chi connectivity index (χ1v) is 9.62. The molecule has 3 rings (SSSR count). The van der Waals surface area contributed by atoms with Gasteiger partial charge in [-0.2, -0.15) is 0 Å². The van der Waals surface area contributed by atoms with E-state index in [-0.39, 0.29) is 22.0 Å². The Bertz CT molecular complexity index is 971. The van der Waals surface area contributed by atoms with E-state index in [2.05, 4.69) is 5.32 Å². The van der Waals surface area contributed by atoms with Gasteiger partial charge in [-0.15, -0.1) is 0 Å². The highest BCUT2D eigenvalue weighted by Crippen LogP contribution is 2.33. The summed E-state index contributed by atoms with van der Waals surface area (Å²) < 4.78 is 28.5. The molecule has 0 spiro atoms. The third kappa shape index (κ3) is 3.67. The molecule has 0 saturated carbocycles. The van der Waals surface area contributed by atoms with Crippen molar-refractivity contribution in [1.82, 2.24) is 0 Å². The van der Waals surface area contributed by atoms with E-state index in [4.69, 9.17) is 16.3 Å². The molecule has 0 bridgehead atoms. The fraction of sp³-hybridized carbons (Fsp3) is 0.176. The van der Waals surface area contributed by atoms with Gasteiger partial charge in [0.2, 0.25) is 5.91 Å². The first kappa shape index (κ1) is 17.4.